The Balaban J connectivity index is 1.65. The smallest absolute Gasteiger partial charge is 0.242 e. The van der Waals surface area contributed by atoms with E-state index in [-0.39, 0.29) is 42.4 Å². The van der Waals surface area contributed by atoms with E-state index in [9.17, 15) is 24.6 Å². The average Bonchev–Trinajstić information content (AvgIpc) is 3.13. The second-order valence-corrected chi connectivity index (χ2v) is 8.30. The van der Waals surface area contributed by atoms with Gasteiger partial charge < -0.3 is 26.2 Å². The molecule has 2 aromatic rings. The predicted molar refractivity (Wildman–Crippen MR) is 128 cm³/mol. The molecule has 9 nitrogen and oxygen atoms in total. The summed E-state index contributed by atoms with van der Waals surface area (Å²) < 4.78 is 1.31. The third-order valence-electron chi connectivity index (χ3n) is 5.18. The number of carbonyl (C=O) groups is 3. The number of likely N-dealkylation sites (N-methyl/N-ethyl adjacent to an activating group) is 1. The molecule has 10 heteroatoms. The minimum absolute atomic E-state index is 0.0347. The van der Waals surface area contributed by atoms with Gasteiger partial charge in [-0.05, 0) is 24.9 Å². The van der Waals surface area contributed by atoms with Gasteiger partial charge in [-0.2, -0.15) is 12.6 Å². The highest BCUT2D eigenvalue weighted by Gasteiger charge is 2.20. The zero-order chi connectivity index (χ0) is 24.2. The Hall–Kier alpha value is -2.98. The summed E-state index contributed by atoms with van der Waals surface area (Å²) in [6, 6.07) is 11.5. The lowest BCUT2D eigenvalue weighted by Gasteiger charge is -2.17. The molecule has 5 N–H and O–H groups in total. The van der Waals surface area contributed by atoms with Crippen LogP contribution >= 0.6 is 12.6 Å². The first kappa shape index (κ1) is 26.3. The number of hydrogen-bond acceptors (Lipinski definition) is 7. The fourth-order valence-corrected chi connectivity index (χ4v) is 3.57. The molecule has 0 bridgehead atoms. The van der Waals surface area contributed by atoms with Crippen molar-refractivity contribution in [1.29, 1.82) is 0 Å². The fourth-order valence-electron chi connectivity index (χ4n) is 3.32. The Morgan fingerprint density at radius 1 is 1.06 bits per heavy atom. The molecular weight excluding hydrogens is 444 g/mol. The Morgan fingerprint density at radius 2 is 1.73 bits per heavy atom. The molecule has 0 aliphatic carbocycles. The molecule has 33 heavy (non-hydrogen) atoms. The molecule has 0 aliphatic rings. The number of Topliss-reactive ketones (excluding diaryl/α,β-unsaturated/α-hetero) is 1. The van der Waals surface area contributed by atoms with Crippen LogP contribution in [0.15, 0.2) is 42.5 Å². The molecule has 0 spiro atoms. The second-order valence-electron chi connectivity index (χ2n) is 7.68. The Labute approximate surface area is 199 Å². The van der Waals surface area contributed by atoms with Gasteiger partial charge in [0.1, 0.15) is 11.8 Å². The van der Waals surface area contributed by atoms with Crippen LogP contribution in [0, 0.1) is 0 Å². The molecule has 0 saturated carbocycles. The van der Waals surface area contributed by atoms with Gasteiger partial charge in [0.15, 0.2) is 11.8 Å². The maximum Gasteiger partial charge on any atom is 0.242 e. The van der Waals surface area contributed by atoms with Crippen molar-refractivity contribution >= 4 is 30.2 Å². The molecule has 2 rings (SSSR count). The summed E-state index contributed by atoms with van der Waals surface area (Å²) in [5, 5.41) is 27.0. The zero-order valence-electron chi connectivity index (χ0n) is 18.7. The first-order valence-electron chi connectivity index (χ1n) is 10.9. The van der Waals surface area contributed by atoms with Crippen LogP contribution in [-0.2, 0) is 27.3 Å². The highest BCUT2D eigenvalue weighted by molar-refractivity contribution is 7.81. The van der Waals surface area contributed by atoms with Crippen LogP contribution in [0.2, 0.25) is 0 Å². The van der Waals surface area contributed by atoms with Gasteiger partial charge in [-0.3, -0.25) is 19.0 Å². The summed E-state index contributed by atoms with van der Waals surface area (Å²) in [6.45, 7) is 0.771. The lowest BCUT2D eigenvalue weighted by molar-refractivity contribution is -0.128. The van der Waals surface area contributed by atoms with Gasteiger partial charge in [0.25, 0.3) is 0 Å². The monoisotopic (exact) mass is 476 g/mol. The number of aromatic hydroxyl groups is 2. The number of hydrogen-bond donors (Lipinski definition) is 6. The number of ketones is 1. The van der Waals surface area contributed by atoms with E-state index in [4.69, 9.17) is 0 Å². The molecule has 0 radical (unpaired) electrons. The minimum atomic E-state index is -0.669. The predicted octanol–water partition coefficient (Wildman–Crippen LogP) is 1.00. The quantitative estimate of drug-likeness (QED) is 0.178. The Bertz CT molecular complexity index is 899. The second kappa shape index (κ2) is 13.5. The lowest BCUT2D eigenvalue weighted by Crippen LogP contribution is -2.49. The van der Waals surface area contributed by atoms with Gasteiger partial charge in [0.2, 0.25) is 11.8 Å². The van der Waals surface area contributed by atoms with Crippen LogP contribution in [-0.4, -0.2) is 63.8 Å². The van der Waals surface area contributed by atoms with E-state index < -0.39 is 11.3 Å². The van der Waals surface area contributed by atoms with E-state index in [1.165, 1.54) is 23.7 Å². The van der Waals surface area contributed by atoms with Crippen molar-refractivity contribution in [3.05, 3.63) is 48.0 Å². The largest absolute Gasteiger partial charge is 0.494 e. The van der Waals surface area contributed by atoms with E-state index in [0.29, 0.717) is 32.2 Å². The summed E-state index contributed by atoms with van der Waals surface area (Å²) in [7, 11) is 1.53. The van der Waals surface area contributed by atoms with Crippen molar-refractivity contribution in [3.8, 4) is 11.8 Å². The fraction of sp³-hybridized carbons (Fsp3) is 0.435. The number of carbonyl (C=O) groups excluding carboxylic acids is 3. The van der Waals surface area contributed by atoms with Gasteiger partial charge in [0, 0.05) is 38.6 Å². The molecule has 0 fully saturated rings. The molecule has 0 unspecified atom stereocenters. The molecule has 2 amide bonds. The highest BCUT2D eigenvalue weighted by atomic mass is 32.1. The maximum absolute atomic E-state index is 12.2. The number of thiol groups is 1. The molecule has 1 aromatic carbocycles. The topological polar surface area (TPSA) is 133 Å². The van der Waals surface area contributed by atoms with Crippen LogP contribution < -0.4 is 16.0 Å². The van der Waals surface area contributed by atoms with E-state index in [1.807, 2.05) is 30.3 Å². The normalized spacial score (nSPS) is 12.7. The SMILES string of the molecule is CNC(=O)[C@H](Cc1ccccc1)NC(=O)CNCCCC(=O)[C@@H](S)CCn1c(O)ccc1O. The number of amides is 2. The Morgan fingerprint density at radius 3 is 2.36 bits per heavy atom. The van der Waals surface area contributed by atoms with Crippen molar-refractivity contribution < 1.29 is 24.6 Å². The molecule has 1 aromatic heterocycles. The van der Waals surface area contributed by atoms with Crippen molar-refractivity contribution in [2.24, 2.45) is 0 Å². The van der Waals surface area contributed by atoms with E-state index in [0.717, 1.165) is 5.56 Å². The van der Waals surface area contributed by atoms with Crippen molar-refractivity contribution in [3.63, 3.8) is 0 Å². The number of rotatable bonds is 14. The number of aromatic nitrogens is 1. The van der Waals surface area contributed by atoms with Gasteiger partial charge in [0.05, 0.1) is 11.8 Å². The van der Waals surface area contributed by atoms with Gasteiger partial charge in [-0.15, -0.1) is 0 Å². The van der Waals surface area contributed by atoms with Crippen LogP contribution in [0.1, 0.15) is 24.8 Å². The van der Waals surface area contributed by atoms with Crippen molar-refractivity contribution in [1.82, 2.24) is 20.5 Å². The summed E-state index contributed by atoms with van der Waals surface area (Å²) in [6.07, 6.45) is 1.59. The molecule has 1 heterocycles. The van der Waals surface area contributed by atoms with Crippen LogP contribution in [0.5, 0.6) is 11.8 Å². The summed E-state index contributed by atoms with van der Waals surface area (Å²) in [4.78, 5) is 36.6. The van der Waals surface area contributed by atoms with E-state index in [1.54, 1.807) is 0 Å². The lowest BCUT2D eigenvalue weighted by atomic mass is 10.1. The molecular formula is C23H32N4O5S. The van der Waals surface area contributed by atoms with Gasteiger partial charge in [-0.25, -0.2) is 0 Å². The maximum atomic E-state index is 12.2. The molecule has 0 aliphatic heterocycles. The average molecular weight is 477 g/mol. The van der Waals surface area contributed by atoms with Crippen molar-refractivity contribution in [2.75, 3.05) is 20.1 Å². The van der Waals surface area contributed by atoms with Crippen LogP contribution in [0.3, 0.4) is 0 Å². The third-order valence-corrected chi connectivity index (χ3v) is 5.72. The van der Waals surface area contributed by atoms with Crippen LogP contribution in [0.25, 0.3) is 0 Å². The number of nitrogens with one attached hydrogen (secondary N) is 3. The van der Waals surface area contributed by atoms with E-state index >= 15 is 0 Å². The van der Waals surface area contributed by atoms with Crippen molar-refractivity contribution in [2.45, 2.75) is 43.5 Å². The first-order valence-corrected chi connectivity index (χ1v) is 11.4. The molecule has 180 valence electrons. The molecule has 0 saturated heterocycles. The standard InChI is InChI=1S/C23H32N4O5S/c1-24-23(32)17(14-16-6-3-2-4-7-16)26-20(29)15-25-12-5-8-18(28)19(33)11-13-27-21(30)9-10-22(27)31/h2-4,6-7,9-10,17,19,25,30-31,33H,5,8,11-15H2,1H3,(H,24,32)(H,26,29)/t17-,19-/m0/s1. The number of nitrogens with zero attached hydrogens (tertiary/aromatic N) is 1. The van der Waals surface area contributed by atoms with E-state index in [2.05, 4.69) is 28.6 Å². The van der Waals surface area contributed by atoms with Gasteiger partial charge in [-0.1, -0.05) is 30.3 Å². The Kier molecular flexibility index (Phi) is 10.8. The summed E-state index contributed by atoms with van der Waals surface area (Å²) >= 11 is 4.32. The first-order chi connectivity index (χ1) is 15.8. The molecule has 2 atom stereocenters. The summed E-state index contributed by atoms with van der Waals surface area (Å²) in [5.74, 6) is -0.738. The van der Waals surface area contributed by atoms with Gasteiger partial charge >= 0.3 is 0 Å². The number of benzene rings is 1. The summed E-state index contributed by atoms with van der Waals surface area (Å²) in [5.41, 5.74) is 0.946. The highest BCUT2D eigenvalue weighted by Crippen LogP contribution is 2.22. The van der Waals surface area contributed by atoms with Crippen LogP contribution in [0.4, 0.5) is 0 Å². The minimum Gasteiger partial charge on any atom is -0.494 e. The zero-order valence-corrected chi connectivity index (χ0v) is 19.6. The third kappa shape index (κ3) is 8.82.